The smallest absolute Gasteiger partial charge is 0.230 e. The van der Waals surface area contributed by atoms with Gasteiger partial charge in [0.1, 0.15) is 0 Å². The second kappa shape index (κ2) is 9.95. The lowest BCUT2D eigenvalue weighted by Gasteiger charge is -2.33. The molecule has 1 saturated heterocycles. The molecule has 2 aliphatic rings. The van der Waals surface area contributed by atoms with Gasteiger partial charge in [0.25, 0.3) is 0 Å². The number of carbonyl (C=O) groups is 2. The van der Waals surface area contributed by atoms with Gasteiger partial charge in [-0.05, 0) is 39.0 Å². The summed E-state index contributed by atoms with van der Waals surface area (Å²) in [5.74, 6) is 1.06. The van der Waals surface area contributed by atoms with E-state index < -0.39 is 0 Å². The Balaban J connectivity index is 1.80. The summed E-state index contributed by atoms with van der Waals surface area (Å²) in [7, 11) is 5.37. The van der Waals surface area contributed by atoms with Gasteiger partial charge in [0.2, 0.25) is 11.8 Å². The summed E-state index contributed by atoms with van der Waals surface area (Å²) in [5, 5.41) is 6.55. The third kappa shape index (κ3) is 5.59. The van der Waals surface area contributed by atoms with Crippen molar-refractivity contribution < 1.29 is 9.59 Å². The fourth-order valence-electron chi connectivity index (χ4n) is 4.37. The lowest BCUT2D eigenvalue weighted by atomic mass is 9.84. The molecule has 2 fully saturated rings. The summed E-state index contributed by atoms with van der Waals surface area (Å²) in [6, 6.07) is 0.350. The normalized spacial score (nSPS) is 22.4. The van der Waals surface area contributed by atoms with E-state index in [-0.39, 0.29) is 17.2 Å². The van der Waals surface area contributed by atoms with Gasteiger partial charge >= 0.3 is 0 Å². The number of hydrogen-bond donors (Lipinski definition) is 2. The van der Waals surface area contributed by atoms with Crippen molar-refractivity contribution in [2.45, 2.75) is 64.3 Å². The number of piperidine rings is 1. The summed E-state index contributed by atoms with van der Waals surface area (Å²) in [4.78, 5) is 33.0. The van der Waals surface area contributed by atoms with E-state index in [1.165, 1.54) is 6.42 Å². The minimum absolute atomic E-state index is 0.192. The Morgan fingerprint density at radius 1 is 1.15 bits per heavy atom. The fraction of sp³-hybridized carbons (Fsp3) is 0.850. The van der Waals surface area contributed by atoms with Crippen LogP contribution in [0.3, 0.4) is 0 Å². The van der Waals surface area contributed by atoms with Gasteiger partial charge in [0.15, 0.2) is 5.96 Å². The van der Waals surface area contributed by atoms with E-state index in [0.29, 0.717) is 31.5 Å². The van der Waals surface area contributed by atoms with E-state index in [4.69, 9.17) is 0 Å². The molecule has 0 spiro atoms. The molecule has 0 radical (unpaired) electrons. The average Bonchev–Trinajstić information content (AvgIpc) is 3.14. The van der Waals surface area contributed by atoms with E-state index in [2.05, 4.69) is 22.5 Å². The number of rotatable bonds is 6. The molecule has 1 atom stereocenters. The maximum absolute atomic E-state index is 12.7. The lowest BCUT2D eigenvalue weighted by Crippen LogP contribution is -2.49. The predicted molar refractivity (Wildman–Crippen MR) is 109 cm³/mol. The van der Waals surface area contributed by atoms with Crippen molar-refractivity contribution in [3.63, 3.8) is 0 Å². The number of hydrogen-bond acceptors (Lipinski definition) is 3. The zero-order valence-corrected chi connectivity index (χ0v) is 17.5. The number of carbonyl (C=O) groups excluding carboxylic acids is 2. The van der Waals surface area contributed by atoms with Gasteiger partial charge < -0.3 is 20.4 Å². The molecule has 2 N–H and O–H groups in total. The third-order valence-electron chi connectivity index (χ3n) is 5.99. The van der Waals surface area contributed by atoms with Crippen molar-refractivity contribution in [3.8, 4) is 0 Å². The quantitative estimate of drug-likeness (QED) is 0.543. The molecule has 154 valence electrons. The van der Waals surface area contributed by atoms with Crippen LogP contribution in [0.25, 0.3) is 0 Å². The first-order valence-electron chi connectivity index (χ1n) is 10.4. The van der Waals surface area contributed by atoms with Crippen LogP contribution in [-0.2, 0) is 9.59 Å². The van der Waals surface area contributed by atoms with Crippen LogP contribution in [0.15, 0.2) is 4.99 Å². The third-order valence-corrected chi connectivity index (χ3v) is 5.99. The van der Waals surface area contributed by atoms with Crippen molar-refractivity contribution in [2.75, 3.05) is 40.8 Å². The monoisotopic (exact) mass is 379 g/mol. The van der Waals surface area contributed by atoms with E-state index in [0.717, 1.165) is 45.1 Å². The molecule has 0 aromatic heterocycles. The van der Waals surface area contributed by atoms with Crippen molar-refractivity contribution >= 4 is 17.8 Å². The number of nitrogens with one attached hydrogen (secondary N) is 2. The number of guanidine groups is 1. The Morgan fingerprint density at radius 2 is 1.85 bits per heavy atom. The molecule has 0 bridgehead atoms. The Kier molecular flexibility index (Phi) is 7.92. The summed E-state index contributed by atoms with van der Waals surface area (Å²) in [6.45, 7) is 4.15. The molecule has 0 aromatic carbocycles. The highest BCUT2D eigenvalue weighted by molar-refractivity contribution is 5.85. The Labute approximate surface area is 163 Å². The van der Waals surface area contributed by atoms with Crippen LogP contribution < -0.4 is 10.6 Å². The molecule has 1 aliphatic heterocycles. The maximum atomic E-state index is 12.7. The van der Waals surface area contributed by atoms with Crippen LogP contribution >= 0.6 is 0 Å². The largest absolute Gasteiger partial charge is 0.356 e. The first-order chi connectivity index (χ1) is 12.9. The minimum atomic E-state index is -0.333. The number of amides is 2. The second-order valence-electron chi connectivity index (χ2n) is 8.22. The molecule has 1 aliphatic carbocycles. The number of aliphatic imine (C=N–C) groups is 1. The molecule has 27 heavy (non-hydrogen) atoms. The molecule has 0 aromatic rings. The molecule has 7 heteroatoms. The van der Waals surface area contributed by atoms with Crippen LogP contribution in [0, 0.1) is 5.41 Å². The Morgan fingerprint density at radius 3 is 2.44 bits per heavy atom. The van der Waals surface area contributed by atoms with Gasteiger partial charge in [-0.1, -0.05) is 12.8 Å². The second-order valence-corrected chi connectivity index (χ2v) is 8.22. The van der Waals surface area contributed by atoms with Crippen molar-refractivity contribution in [3.05, 3.63) is 0 Å². The summed E-state index contributed by atoms with van der Waals surface area (Å²) >= 11 is 0. The SMILES string of the molecule is CN=C(NCCC(=O)N1CCCCC1C)NCC1(C(=O)N(C)C)CCCC1. The molecular formula is C20H37N5O2. The van der Waals surface area contributed by atoms with Gasteiger partial charge in [0.05, 0.1) is 5.41 Å². The van der Waals surface area contributed by atoms with Crippen LogP contribution in [0.4, 0.5) is 0 Å². The van der Waals surface area contributed by atoms with E-state index in [9.17, 15) is 9.59 Å². The topological polar surface area (TPSA) is 77.0 Å². The lowest BCUT2D eigenvalue weighted by molar-refractivity contribution is -0.139. The van der Waals surface area contributed by atoms with Crippen LogP contribution in [0.2, 0.25) is 0 Å². The number of nitrogens with zero attached hydrogens (tertiary/aromatic N) is 3. The van der Waals surface area contributed by atoms with Crippen molar-refractivity contribution in [1.82, 2.24) is 20.4 Å². The standard InChI is InChI=1S/C20H37N5O2/c1-16-9-5-8-14-25(16)17(26)10-13-22-19(21-2)23-15-20(11-6-7-12-20)18(27)24(3)4/h16H,5-15H2,1-4H3,(H2,21,22,23). The fourth-order valence-corrected chi connectivity index (χ4v) is 4.37. The first-order valence-corrected chi connectivity index (χ1v) is 10.4. The number of likely N-dealkylation sites (tertiary alicyclic amines) is 1. The van der Waals surface area contributed by atoms with Crippen molar-refractivity contribution in [1.29, 1.82) is 0 Å². The molecule has 2 rings (SSSR count). The summed E-state index contributed by atoms with van der Waals surface area (Å²) < 4.78 is 0. The summed E-state index contributed by atoms with van der Waals surface area (Å²) in [6.07, 6.45) is 7.91. The van der Waals surface area contributed by atoms with E-state index >= 15 is 0 Å². The van der Waals surface area contributed by atoms with E-state index in [1.807, 2.05) is 19.0 Å². The van der Waals surface area contributed by atoms with Gasteiger partial charge in [-0.2, -0.15) is 0 Å². The van der Waals surface area contributed by atoms with Crippen molar-refractivity contribution in [2.24, 2.45) is 10.4 Å². The molecular weight excluding hydrogens is 342 g/mol. The van der Waals surface area contributed by atoms with Crippen LogP contribution in [0.1, 0.15) is 58.3 Å². The van der Waals surface area contributed by atoms with Gasteiger partial charge in [-0.15, -0.1) is 0 Å². The highest BCUT2D eigenvalue weighted by atomic mass is 16.2. The minimum Gasteiger partial charge on any atom is -0.356 e. The average molecular weight is 380 g/mol. The molecule has 1 heterocycles. The predicted octanol–water partition coefficient (Wildman–Crippen LogP) is 1.59. The van der Waals surface area contributed by atoms with E-state index in [1.54, 1.807) is 11.9 Å². The molecule has 7 nitrogen and oxygen atoms in total. The van der Waals surface area contributed by atoms with Gasteiger partial charge in [0, 0.05) is 53.2 Å². The summed E-state index contributed by atoms with van der Waals surface area (Å²) in [5.41, 5.74) is -0.333. The highest BCUT2D eigenvalue weighted by Crippen LogP contribution is 2.38. The molecule has 2 amide bonds. The van der Waals surface area contributed by atoms with Gasteiger partial charge in [-0.3, -0.25) is 14.6 Å². The zero-order chi connectivity index (χ0) is 19.9. The maximum Gasteiger partial charge on any atom is 0.230 e. The Bertz CT molecular complexity index is 540. The molecule has 1 unspecified atom stereocenters. The van der Waals surface area contributed by atoms with Crippen LogP contribution in [0.5, 0.6) is 0 Å². The van der Waals surface area contributed by atoms with Gasteiger partial charge in [-0.25, -0.2) is 0 Å². The first kappa shape index (κ1) is 21.5. The Hall–Kier alpha value is -1.79. The zero-order valence-electron chi connectivity index (χ0n) is 17.5. The molecule has 1 saturated carbocycles. The van der Waals surface area contributed by atoms with Crippen LogP contribution in [-0.4, -0.2) is 74.4 Å². The highest BCUT2D eigenvalue weighted by Gasteiger charge is 2.42.